The number of hydrogen-bond acceptors (Lipinski definition) is 3. The summed E-state index contributed by atoms with van der Waals surface area (Å²) in [4.78, 5) is 0. The van der Waals surface area contributed by atoms with Gasteiger partial charge in [0.1, 0.15) is 11.6 Å². The van der Waals surface area contributed by atoms with Crippen LogP contribution in [0.15, 0.2) is 12.1 Å². The molecule has 3 nitrogen and oxygen atoms in total. The molecular weight excluding hydrogens is 173 g/mol. The number of hydrogen-bond donors (Lipinski definition) is 3. The Morgan fingerprint density at radius 1 is 1.54 bits per heavy atom. The van der Waals surface area contributed by atoms with Gasteiger partial charge < -0.3 is 15.9 Å². The van der Waals surface area contributed by atoms with E-state index in [9.17, 15) is 9.50 Å². The molecule has 0 aliphatic carbocycles. The van der Waals surface area contributed by atoms with Crippen molar-refractivity contribution in [3.05, 3.63) is 29.1 Å². The average Bonchev–Trinajstić information content (AvgIpc) is 2.12. The molecule has 1 aromatic rings. The Labute approximate surface area is 75.6 Å². The Kier molecular flexibility index (Phi) is 2.85. The van der Waals surface area contributed by atoms with Crippen LogP contribution >= 0.6 is 0 Å². The van der Waals surface area contributed by atoms with Gasteiger partial charge in [0, 0.05) is 5.56 Å². The van der Waals surface area contributed by atoms with E-state index in [0.717, 1.165) is 0 Å². The summed E-state index contributed by atoms with van der Waals surface area (Å²) in [6.07, 6.45) is 0. The van der Waals surface area contributed by atoms with E-state index in [4.69, 9.17) is 10.8 Å². The molecule has 4 N–H and O–H groups in total. The van der Waals surface area contributed by atoms with Crippen LogP contribution in [0.1, 0.15) is 17.2 Å². The van der Waals surface area contributed by atoms with Crippen molar-refractivity contribution in [2.24, 2.45) is 5.73 Å². The van der Waals surface area contributed by atoms with Crippen molar-refractivity contribution in [1.29, 1.82) is 0 Å². The number of rotatable bonds is 2. The molecule has 0 saturated heterocycles. The van der Waals surface area contributed by atoms with Crippen LogP contribution in [-0.4, -0.2) is 16.8 Å². The maximum Gasteiger partial charge on any atom is 0.131 e. The standard InChI is InChI=1S/C9H12FNO2/c1-5-2-3-6(10)8(9(5)13)7(11)4-12/h2-3,7,12-13H,4,11H2,1H3. The molecule has 0 amide bonds. The zero-order valence-corrected chi connectivity index (χ0v) is 7.29. The van der Waals surface area contributed by atoms with E-state index >= 15 is 0 Å². The Bertz CT molecular complexity index is 315. The monoisotopic (exact) mass is 185 g/mol. The number of phenols is 1. The second-order valence-electron chi connectivity index (χ2n) is 2.92. The minimum absolute atomic E-state index is 0.0255. The van der Waals surface area contributed by atoms with Crippen LogP contribution in [0.3, 0.4) is 0 Å². The Morgan fingerprint density at radius 2 is 2.15 bits per heavy atom. The number of benzene rings is 1. The van der Waals surface area contributed by atoms with E-state index in [1.165, 1.54) is 12.1 Å². The molecule has 0 heterocycles. The molecule has 0 aliphatic rings. The van der Waals surface area contributed by atoms with Crippen LogP contribution in [0.2, 0.25) is 0 Å². The van der Waals surface area contributed by atoms with Gasteiger partial charge in [-0.2, -0.15) is 0 Å². The summed E-state index contributed by atoms with van der Waals surface area (Å²) in [6.45, 7) is 1.25. The molecule has 0 aliphatic heterocycles. The lowest BCUT2D eigenvalue weighted by molar-refractivity contribution is 0.262. The van der Waals surface area contributed by atoms with Gasteiger partial charge in [-0.1, -0.05) is 6.07 Å². The molecule has 0 bridgehead atoms. The lowest BCUT2D eigenvalue weighted by atomic mass is 10.0. The minimum atomic E-state index is -0.875. The highest BCUT2D eigenvalue weighted by atomic mass is 19.1. The zero-order valence-electron chi connectivity index (χ0n) is 7.29. The van der Waals surface area contributed by atoms with Crippen LogP contribution in [0, 0.1) is 12.7 Å². The summed E-state index contributed by atoms with van der Waals surface area (Å²) in [5, 5.41) is 18.2. The molecule has 72 valence electrons. The molecule has 0 radical (unpaired) electrons. The fourth-order valence-electron chi connectivity index (χ4n) is 1.14. The number of aliphatic hydroxyl groups is 1. The molecule has 1 unspecified atom stereocenters. The number of phenolic OH excluding ortho intramolecular Hbond substituents is 1. The van der Waals surface area contributed by atoms with Crippen LogP contribution in [0.25, 0.3) is 0 Å². The van der Waals surface area contributed by atoms with Gasteiger partial charge in [0.2, 0.25) is 0 Å². The van der Waals surface area contributed by atoms with Crippen molar-refractivity contribution >= 4 is 0 Å². The van der Waals surface area contributed by atoms with E-state index < -0.39 is 18.5 Å². The molecule has 13 heavy (non-hydrogen) atoms. The maximum atomic E-state index is 13.1. The van der Waals surface area contributed by atoms with Crippen LogP contribution in [-0.2, 0) is 0 Å². The van der Waals surface area contributed by atoms with Gasteiger partial charge in [-0.05, 0) is 18.6 Å². The first-order valence-corrected chi connectivity index (χ1v) is 3.92. The first kappa shape index (κ1) is 9.95. The molecule has 0 spiro atoms. The van der Waals surface area contributed by atoms with Crippen molar-refractivity contribution in [3.8, 4) is 5.75 Å². The summed E-state index contributed by atoms with van der Waals surface area (Å²) >= 11 is 0. The maximum absolute atomic E-state index is 13.1. The van der Waals surface area contributed by atoms with Crippen molar-refractivity contribution in [2.45, 2.75) is 13.0 Å². The first-order valence-electron chi connectivity index (χ1n) is 3.92. The Balaban J connectivity index is 3.25. The largest absolute Gasteiger partial charge is 0.507 e. The molecular formula is C9H12FNO2. The quantitative estimate of drug-likeness (QED) is 0.639. The molecule has 0 aromatic heterocycles. The molecule has 1 rings (SSSR count). The molecule has 0 fully saturated rings. The first-order chi connectivity index (χ1) is 6.07. The summed E-state index contributed by atoms with van der Waals surface area (Å²) in [7, 11) is 0. The minimum Gasteiger partial charge on any atom is -0.507 e. The van der Waals surface area contributed by atoms with Crippen molar-refractivity contribution < 1.29 is 14.6 Å². The highest BCUT2D eigenvalue weighted by molar-refractivity contribution is 5.42. The van der Waals surface area contributed by atoms with Crippen molar-refractivity contribution in [2.75, 3.05) is 6.61 Å². The average molecular weight is 185 g/mol. The van der Waals surface area contributed by atoms with Gasteiger partial charge in [-0.15, -0.1) is 0 Å². The number of aliphatic hydroxyl groups excluding tert-OH is 1. The molecule has 1 aromatic carbocycles. The Hall–Kier alpha value is -1.13. The predicted molar refractivity (Wildman–Crippen MR) is 46.8 cm³/mol. The Morgan fingerprint density at radius 3 is 2.69 bits per heavy atom. The van der Waals surface area contributed by atoms with Gasteiger partial charge in [0.05, 0.1) is 12.6 Å². The predicted octanol–water partition coefficient (Wildman–Crippen LogP) is 0.832. The van der Waals surface area contributed by atoms with Crippen LogP contribution in [0.4, 0.5) is 4.39 Å². The van der Waals surface area contributed by atoms with Gasteiger partial charge in [-0.3, -0.25) is 0 Å². The van der Waals surface area contributed by atoms with Crippen LogP contribution in [0.5, 0.6) is 5.75 Å². The van der Waals surface area contributed by atoms with Crippen molar-refractivity contribution in [1.82, 2.24) is 0 Å². The van der Waals surface area contributed by atoms with Gasteiger partial charge >= 0.3 is 0 Å². The highest BCUT2D eigenvalue weighted by Gasteiger charge is 2.16. The second-order valence-corrected chi connectivity index (χ2v) is 2.92. The van der Waals surface area contributed by atoms with Gasteiger partial charge in [0.15, 0.2) is 0 Å². The lowest BCUT2D eigenvalue weighted by Gasteiger charge is -2.13. The third-order valence-corrected chi connectivity index (χ3v) is 1.93. The summed E-state index contributed by atoms with van der Waals surface area (Å²) < 4.78 is 13.1. The normalized spacial score (nSPS) is 12.9. The van der Waals surface area contributed by atoms with Crippen LogP contribution < -0.4 is 5.73 Å². The van der Waals surface area contributed by atoms with E-state index in [2.05, 4.69) is 0 Å². The third-order valence-electron chi connectivity index (χ3n) is 1.93. The summed E-state index contributed by atoms with van der Waals surface area (Å²) in [5.74, 6) is -0.772. The number of aryl methyl sites for hydroxylation is 1. The van der Waals surface area contributed by atoms with Gasteiger partial charge in [0.25, 0.3) is 0 Å². The molecule has 0 saturated carbocycles. The zero-order chi connectivity index (χ0) is 10.0. The van der Waals surface area contributed by atoms with E-state index in [-0.39, 0.29) is 11.3 Å². The highest BCUT2D eigenvalue weighted by Crippen LogP contribution is 2.28. The van der Waals surface area contributed by atoms with Crippen molar-refractivity contribution in [3.63, 3.8) is 0 Å². The molecule has 4 heteroatoms. The number of aromatic hydroxyl groups is 1. The van der Waals surface area contributed by atoms with E-state index in [1.807, 2.05) is 0 Å². The summed E-state index contributed by atoms with van der Waals surface area (Å²) in [6, 6.07) is 1.80. The topological polar surface area (TPSA) is 66.5 Å². The fraction of sp³-hybridized carbons (Fsp3) is 0.333. The van der Waals surface area contributed by atoms with E-state index in [0.29, 0.717) is 5.56 Å². The van der Waals surface area contributed by atoms with E-state index in [1.54, 1.807) is 6.92 Å². The second kappa shape index (κ2) is 3.72. The lowest BCUT2D eigenvalue weighted by Crippen LogP contribution is -2.16. The smallest absolute Gasteiger partial charge is 0.131 e. The number of nitrogens with two attached hydrogens (primary N) is 1. The summed E-state index contributed by atoms with van der Waals surface area (Å²) in [5.41, 5.74) is 5.93. The fourth-order valence-corrected chi connectivity index (χ4v) is 1.14. The third kappa shape index (κ3) is 1.79. The number of halogens is 1. The van der Waals surface area contributed by atoms with Gasteiger partial charge in [-0.25, -0.2) is 4.39 Å². The SMILES string of the molecule is Cc1ccc(F)c(C(N)CO)c1O. The molecule has 1 atom stereocenters.